The molecule has 6 nitrogen and oxygen atoms in total. The molecule has 32 heavy (non-hydrogen) atoms. The average molecular weight is 431 g/mol. The summed E-state index contributed by atoms with van der Waals surface area (Å²) in [5, 5.41) is 20.3. The van der Waals surface area contributed by atoms with E-state index >= 15 is 0 Å². The third-order valence-electron chi connectivity index (χ3n) is 5.31. The van der Waals surface area contributed by atoms with Gasteiger partial charge in [0.15, 0.2) is 0 Å². The van der Waals surface area contributed by atoms with Crippen molar-refractivity contribution in [2.45, 2.75) is 13.0 Å². The zero-order valence-corrected chi connectivity index (χ0v) is 16.9. The van der Waals surface area contributed by atoms with Crippen molar-refractivity contribution in [1.82, 2.24) is 0 Å². The summed E-state index contributed by atoms with van der Waals surface area (Å²) in [4.78, 5) is 38.6. The summed E-state index contributed by atoms with van der Waals surface area (Å²) in [5.74, 6) is -4.07. The number of rotatable bonds is 4. The van der Waals surface area contributed by atoms with Crippen LogP contribution in [0.3, 0.4) is 0 Å². The number of anilines is 1. The first kappa shape index (κ1) is 21.0. The molecular weight excluding hydrogens is 413 g/mol. The van der Waals surface area contributed by atoms with E-state index in [1.54, 1.807) is 24.3 Å². The van der Waals surface area contributed by atoms with Crippen LogP contribution < -0.4 is 4.90 Å². The maximum Gasteiger partial charge on any atom is 0.335 e. The Labute approximate surface area is 182 Å². The average Bonchev–Trinajstić information content (AvgIpc) is 3.04. The Morgan fingerprint density at radius 2 is 1.59 bits per heavy atom. The first-order valence-corrected chi connectivity index (χ1v) is 9.75. The fourth-order valence-corrected chi connectivity index (χ4v) is 3.75. The zero-order valence-electron chi connectivity index (χ0n) is 16.9. The van der Waals surface area contributed by atoms with Gasteiger partial charge >= 0.3 is 5.97 Å². The lowest BCUT2D eigenvalue weighted by molar-refractivity contribution is -0.132. The van der Waals surface area contributed by atoms with E-state index < -0.39 is 35.3 Å². The molecule has 0 saturated carbocycles. The van der Waals surface area contributed by atoms with Crippen molar-refractivity contribution in [3.63, 3.8) is 0 Å². The number of carboxylic acids is 1. The Kier molecular flexibility index (Phi) is 5.32. The van der Waals surface area contributed by atoms with Gasteiger partial charge in [0.25, 0.3) is 11.7 Å². The number of aliphatic hydroxyl groups is 1. The summed E-state index contributed by atoms with van der Waals surface area (Å²) in [6.45, 7) is 1.87. The number of aliphatic hydroxyl groups excluding tert-OH is 1. The Morgan fingerprint density at radius 3 is 2.25 bits per heavy atom. The number of carbonyl (C=O) groups excluding carboxylic acids is 2. The fraction of sp³-hybridized carbons (Fsp3) is 0.0800. The van der Waals surface area contributed by atoms with Gasteiger partial charge in [-0.1, -0.05) is 48.0 Å². The van der Waals surface area contributed by atoms with Crippen molar-refractivity contribution >= 4 is 29.1 Å². The Hall–Kier alpha value is -4.26. The Morgan fingerprint density at radius 1 is 0.906 bits per heavy atom. The first-order valence-electron chi connectivity index (χ1n) is 9.75. The predicted molar refractivity (Wildman–Crippen MR) is 116 cm³/mol. The molecule has 0 spiro atoms. The summed E-state index contributed by atoms with van der Waals surface area (Å²) >= 11 is 0. The zero-order chi connectivity index (χ0) is 23.0. The lowest BCUT2D eigenvalue weighted by Gasteiger charge is -2.25. The molecule has 0 bridgehead atoms. The first-order chi connectivity index (χ1) is 15.3. The molecule has 0 aromatic heterocycles. The molecule has 1 aliphatic rings. The number of nitrogens with zero attached hydrogens (tertiary/aromatic N) is 1. The normalized spacial score (nSPS) is 17.6. The van der Waals surface area contributed by atoms with Gasteiger partial charge in [0.2, 0.25) is 0 Å². The molecule has 4 rings (SSSR count). The standard InChI is InChI=1S/C25H18FNO5/c1-14-8-10-15(11-9-14)22(28)20-21(16-4-2-6-18(26)12-16)27(24(30)23(20)29)19-7-3-5-17(13-19)25(31)32/h2-13,21,28H,1H3,(H,31,32)/t21-/m1/s1. The number of aryl methyl sites for hydroxylation is 1. The number of benzene rings is 3. The van der Waals surface area contributed by atoms with Crippen molar-refractivity contribution in [2.75, 3.05) is 4.90 Å². The number of carboxylic acid groups (broad SMARTS) is 1. The Bertz CT molecular complexity index is 1280. The molecular formula is C25H18FNO5. The largest absolute Gasteiger partial charge is 0.507 e. The number of hydrogen-bond acceptors (Lipinski definition) is 4. The predicted octanol–water partition coefficient (Wildman–Crippen LogP) is 4.46. The van der Waals surface area contributed by atoms with Gasteiger partial charge in [-0.05, 0) is 42.8 Å². The summed E-state index contributed by atoms with van der Waals surface area (Å²) < 4.78 is 14.1. The molecule has 1 heterocycles. The lowest BCUT2D eigenvalue weighted by atomic mass is 9.94. The number of Topliss-reactive ketones (excluding diaryl/α,β-unsaturated/α-hetero) is 1. The third-order valence-corrected chi connectivity index (χ3v) is 5.31. The molecule has 0 aliphatic carbocycles. The Balaban J connectivity index is 1.96. The van der Waals surface area contributed by atoms with Gasteiger partial charge in [-0.15, -0.1) is 0 Å². The van der Waals surface area contributed by atoms with Crippen LogP contribution in [0.4, 0.5) is 10.1 Å². The van der Waals surface area contributed by atoms with Gasteiger partial charge in [-0.3, -0.25) is 14.5 Å². The quantitative estimate of drug-likeness (QED) is 0.361. The van der Waals surface area contributed by atoms with Crippen molar-refractivity contribution < 1.29 is 29.0 Å². The molecule has 1 atom stereocenters. The van der Waals surface area contributed by atoms with Crippen LogP contribution >= 0.6 is 0 Å². The highest BCUT2D eigenvalue weighted by atomic mass is 19.1. The topological polar surface area (TPSA) is 94.9 Å². The van der Waals surface area contributed by atoms with Crippen LogP contribution in [0.25, 0.3) is 5.76 Å². The van der Waals surface area contributed by atoms with Crippen LogP contribution in [0.15, 0.2) is 78.4 Å². The van der Waals surface area contributed by atoms with E-state index in [4.69, 9.17) is 0 Å². The van der Waals surface area contributed by atoms with E-state index in [1.165, 1.54) is 48.5 Å². The molecule has 3 aromatic carbocycles. The monoisotopic (exact) mass is 431 g/mol. The van der Waals surface area contributed by atoms with Gasteiger partial charge in [0.1, 0.15) is 11.6 Å². The maximum atomic E-state index is 14.1. The second-order valence-electron chi connectivity index (χ2n) is 7.45. The van der Waals surface area contributed by atoms with Gasteiger partial charge < -0.3 is 10.2 Å². The van der Waals surface area contributed by atoms with Gasteiger partial charge in [-0.2, -0.15) is 0 Å². The molecule has 3 aromatic rings. The van der Waals surface area contributed by atoms with E-state index in [9.17, 15) is 29.0 Å². The lowest BCUT2D eigenvalue weighted by Crippen LogP contribution is -2.29. The number of aromatic carboxylic acids is 1. The molecule has 0 unspecified atom stereocenters. The van der Waals surface area contributed by atoms with Crippen LogP contribution in [0.2, 0.25) is 0 Å². The number of ketones is 1. The molecule has 0 radical (unpaired) electrons. The van der Waals surface area contributed by atoms with Crippen LogP contribution in [-0.4, -0.2) is 27.9 Å². The number of halogens is 1. The number of hydrogen-bond donors (Lipinski definition) is 2. The van der Waals surface area contributed by atoms with Crippen LogP contribution in [0, 0.1) is 12.7 Å². The minimum absolute atomic E-state index is 0.0825. The molecule has 1 saturated heterocycles. The van der Waals surface area contributed by atoms with Gasteiger partial charge in [0.05, 0.1) is 17.2 Å². The summed E-state index contributed by atoms with van der Waals surface area (Å²) in [6, 6.07) is 16.5. The van der Waals surface area contributed by atoms with E-state index in [0.29, 0.717) is 5.56 Å². The molecule has 1 aliphatic heterocycles. The second kappa shape index (κ2) is 8.11. The van der Waals surface area contributed by atoms with Crippen LogP contribution in [0.5, 0.6) is 0 Å². The van der Waals surface area contributed by atoms with Crippen molar-refractivity contribution in [3.05, 3.63) is 106 Å². The molecule has 160 valence electrons. The van der Waals surface area contributed by atoms with Crippen LogP contribution in [0.1, 0.15) is 33.1 Å². The summed E-state index contributed by atoms with van der Waals surface area (Å²) in [6.07, 6.45) is 0. The van der Waals surface area contributed by atoms with E-state index in [-0.39, 0.29) is 22.4 Å². The number of carbonyl (C=O) groups is 3. The van der Waals surface area contributed by atoms with Crippen molar-refractivity contribution in [1.29, 1.82) is 0 Å². The highest BCUT2D eigenvalue weighted by Gasteiger charge is 2.47. The summed E-state index contributed by atoms with van der Waals surface area (Å²) in [7, 11) is 0. The highest BCUT2D eigenvalue weighted by Crippen LogP contribution is 2.42. The molecule has 1 amide bonds. The SMILES string of the molecule is Cc1ccc(C(O)=C2C(=O)C(=O)N(c3cccc(C(=O)O)c3)[C@@H]2c2cccc(F)c2)cc1. The second-order valence-corrected chi connectivity index (χ2v) is 7.45. The molecule has 7 heteroatoms. The van der Waals surface area contributed by atoms with E-state index in [1.807, 2.05) is 6.92 Å². The fourth-order valence-electron chi connectivity index (χ4n) is 3.75. The minimum atomic E-state index is -1.20. The summed E-state index contributed by atoms with van der Waals surface area (Å²) in [5.41, 5.74) is 1.39. The number of amides is 1. The van der Waals surface area contributed by atoms with Crippen molar-refractivity contribution in [3.8, 4) is 0 Å². The van der Waals surface area contributed by atoms with Gasteiger partial charge in [0, 0.05) is 11.3 Å². The molecule has 1 fully saturated rings. The van der Waals surface area contributed by atoms with E-state index in [2.05, 4.69) is 0 Å². The van der Waals surface area contributed by atoms with Crippen LogP contribution in [-0.2, 0) is 9.59 Å². The maximum absolute atomic E-state index is 14.1. The molecule has 2 N–H and O–H groups in total. The smallest absolute Gasteiger partial charge is 0.335 e. The minimum Gasteiger partial charge on any atom is -0.507 e. The van der Waals surface area contributed by atoms with E-state index in [0.717, 1.165) is 10.5 Å². The third kappa shape index (κ3) is 3.65. The van der Waals surface area contributed by atoms with Gasteiger partial charge in [-0.25, -0.2) is 9.18 Å². The van der Waals surface area contributed by atoms with Crippen molar-refractivity contribution in [2.24, 2.45) is 0 Å². The highest BCUT2D eigenvalue weighted by molar-refractivity contribution is 6.51.